The van der Waals surface area contributed by atoms with Gasteiger partial charge in [-0.15, -0.1) is 15.3 Å². The van der Waals surface area contributed by atoms with Crippen LogP contribution in [0, 0.1) is 6.92 Å². The first-order valence-corrected chi connectivity index (χ1v) is 5.45. The summed E-state index contributed by atoms with van der Waals surface area (Å²) >= 11 is 2.14. The van der Waals surface area contributed by atoms with Crippen LogP contribution in [0.5, 0.6) is 0 Å². The average Bonchev–Trinajstić information content (AvgIpc) is 2.75. The largest absolute Gasteiger partial charge is 0.374 e. The number of amides is 1. The fraction of sp³-hybridized carbons (Fsp3) is 0.167. The monoisotopic (exact) mass is 242 g/mol. The first kappa shape index (κ1) is 9.93. The van der Waals surface area contributed by atoms with Crippen molar-refractivity contribution >= 4 is 39.0 Å². The number of hydrogen-bond donors (Lipinski definition) is 2. The van der Waals surface area contributed by atoms with E-state index in [9.17, 15) is 4.79 Å². The van der Waals surface area contributed by atoms with Crippen molar-refractivity contribution in [2.75, 3.05) is 11.1 Å². The van der Waals surface area contributed by atoms with E-state index >= 15 is 0 Å². The quantitative estimate of drug-likeness (QED) is 0.795. The molecule has 0 atom stereocenters. The molecule has 0 saturated carbocycles. The highest BCUT2D eigenvalue weighted by atomic mass is 32.1. The zero-order valence-corrected chi connectivity index (χ0v) is 9.22. The van der Waals surface area contributed by atoms with E-state index in [0.717, 1.165) is 22.9 Å². The number of rotatable bonds is 2. The Bertz CT molecular complexity index is 491. The molecule has 7 nitrogen and oxygen atoms in total. The van der Waals surface area contributed by atoms with Gasteiger partial charge in [0.15, 0.2) is 0 Å². The van der Waals surface area contributed by atoms with E-state index in [1.165, 1.54) is 0 Å². The first-order valence-electron chi connectivity index (χ1n) is 3.86. The van der Waals surface area contributed by atoms with E-state index in [0.29, 0.717) is 20.8 Å². The summed E-state index contributed by atoms with van der Waals surface area (Å²) in [5, 5.41) is 14.2. The molecule has 2 heterocycles. The minimum atomic E-state index is -0.293. The molecule has 0 aromatic carbocycles. The summed E-state index contributed by atoms with van der Waals surface area (Å²) < 4.78 is 3.66. The lowest BCUT2D eigenvalue weighted by atomic mass is 10.4. The minimum Gasteiger partial charge on any atom is -0.374 e. The maximum absolute atomic E-state index is 11.6. The van der Waals surface area contributed by atoms with Gasteiger partial charge in [-0.05, 0) is 18.5 Å². The van der Waals surface area contributed by atoms with Crippen LogP contribution in [0.25, 0.3) is 0 Å². The second-order valence-electron chi connectivity index (χ2n) is 2.59. The second kappa shape index (κ2) is 3.87. The molecule has 0 aliphatic rings. The van der Waals surface area contributed by atoms with Crippen molar-refractivity contribution in [2.45, 2.75) is 6.92 Å². The third-order valence-corrected chi connectivity index (χ3v) is 3.01. The second-order valence-corrected chi connectivity index (χ2v) is 4.35. The van der Waals surface area contributed by atoms with E-state index in [1.807, 2.05) is 0 Å². The number of anilines is 2. The lowest BCUT2D eigenvalue weighted by Gasteiger charge is -1.96. The molecule has 2 aromatic rings. The zero-order valence-electron chi connectivity index (χ0n) is 7.59. The topological polar surface area (TPSA) is 107 Å². The Morgan fingerprint density at radius 2 is 2.20 bits per heavy atom. The van der Waals surface area contributed by atoms with Gasteiger partial charge in [0.2, 0.25) is 10.3 Å². The molecule has 0 spiro atoms. The maximum Gasteiger partial charge on any atom is 0.271 e. The van der Waals surface area contributed by atoms with E-state index in [4.69, 9.17) is 5.73 Å². The lowest BCUT2D eigenvalue weighted by Crippen LogP contribution is -2.11. The van der Waals surface area contributed by atoms with Gasteiger partial charge in [0.05, 0.1) is 5.69 Å². The van der Waals surface area contributed by atoms with Crippen molar-refractivity contribution in [3.05, 3.63) is 10.6 Å². The Kier molecular flexibility index (Phi) is 2.56. The number of nitrogen functional groups attached to an aromatic ring is 1. The van der Waals surface area contributed by atoms with Gasteiger partial charge in [0, 0.05) is 0 Å². The fourth-order valence-corrected chi connectivity index (χ4v) is 1.94. The molecule has 0 aliphatic heterocycles. The molecule has 3 N–H and O–H groups in total. The van der Waals surface area contributed by atoms with E-state index in [-0.39, 0.29) is 5.91 Å². The molecule has 78 valence electrons. The molecule has 0 bridgehead atoms. The Labute approximate surface area is 92.5 Å². The highest BCUT2D eigenvalue weighted by molar-refractivity contribution is 7.19. The highest BCUT2D eigenvalue weighted by Crippen LogP contribution is 2.18. The molecular weight excluding hydrogens is 236 g/mol. The van der Waals surface area contributed by atoms with Crippen LogP contribution in [0.1, 0.15) is 15.4 Å². The molecule has 0 radical (unpaired) electrons. The smallest absolute Gasteiger partial charge is 0.271 e. The van der Waals surface area contributed by atoms with Crippen LogP contribution in [0.15, 0.2) is 0 Å². The van der Waals surface area contributed by atoms with Gasteiger partial charge in [-0.1, -0.05) is 15.8 Å². The number of hydrogen-bond acceptors (Lipinski definition) is 8. The van der Waals surface area contributed by atoms with Gasteiger partial charge in [-0.2, -0.15) is 0 Å². The summed E-state index contributed by atoms with van der Waals surface area (Å²) in [6.45, 7) is 1.72. The third kappa shape index (κ3) is 2.07. The number of carbonyl (C=O) groups is 1. The van der Waals surface area contributed by atoms with Crippen LogP contribution in [0.3, 0.4) is 0 Å². The van der Waals surface area contributed by atoms with Crippen LogP contribution < -0.4 is 11.1 Å². The molecule has 9 heteroatoms. The number of aromatic nitrogens is 4. The van der Waals surface area contributed by atoms with Crippen LogP contribution in [-0.4, -0.2) is 25.7 Å². The van der Waals surface area contributed by atoms with Gasteiger partial charge in [-0.25, -0.2) is 0 Å². The van der Waals surface area contributed by atoms with Crippen molar-refractivity contribution in [3.63, 3.8) is 0 Å². The van der Waals surface area contributed by atoms with Crippen molar-refractivity contribution in [1.82, 2.24) is 19.8 Å². The summed E-state index contributed by atoms with van der Waals surface area (Å²) in [5.74, 6) is -0.293. The normalized spacial score (nSPS) is 10.2. The number of nitrogens with one attached hydrogen (secondary N) is 1. The molecule has 2 aromatic heterocycles. The average molecular weight is 242 g/mol. The van der Waals surface area contributed by atoms with Crippen molar-refractivity contribution < 1.29 is 4.79 Å². The molecule has 0 fully saturated rings. The summed E-state index contributed by atoms with van der Waals surface area (Å²) in [5.41, 5.74) is 5.97. The van der Waals surface area contributed by atoms with E-state index < -0.39 is 0 Å². The zero-order chi connectivity index (χ0) is 10.8. The van der Waals surface area contributed by atoms with Gasteiger partial charge in [-0.3, -0.25) is 10.1 Å². The van der Waals surface area contributed by atoms with Crippen molar-refractivity contribution in [1.29, 1.82) is 0 Å². The van der Waals surface area contributed by atoms with Crippen molar-refractivity contribution in [2.24, 2.45) is 0 Å². The number of nitrogens with zero attached hydrogens (tertiary/aromatic N) is 4. The molecule has 1 amide bonds. The summed E-state index contributed by atoms with van der Waals surface area (Å²) in [4.78, 5) is 12.1. The third-order valence-electron chi connectivity index (χ3n) is 1.52. The van der Waals surface area contributed by atoms with Crippen LogP contribution in [-0.2, 0) is 0 Å². The van der Waals surface area contributed by atoms with Crippen molar-refractivity contribution in [3.8, 4) is 0 Å². The fourth-order valence-electron chi connectivity index (χ4n) is 0.879. The van der Waals surface area contributed by atoms with Gasteiger partial charge in [0.1, 0.15) is 4.88 Å². The molecule has 2 rings (SSSR count). The summed E-state index contributed by atoms with van der Waals surface area (Å²) in [7, 11) is 0. The van der Waals surface area contributed by atoms with Crippen LogP contribution >= 0.6 is 22.9 Å². The van der Waals surface area contributed by atoms with Crippen LogP contribution in [0.4, 0.5) is 10.3 Å². The molecular formula is C6H6N6OS2. The number of aryl methyl sites for hydroxylation is 1. The molecule has 0 aliphatic carbocycles. The Hall–Kier alpha value is -1.61. The molecule has 15 heavy (non-hydrogen) atoms. The number of nitrogens with two attached hydrogens (primary N) is 1. The number of carbonyl (C=O) groups excluding carboxylic acids is 1. The van der Waals surface area contributed by atoms with Gasteiger partial charge < -0.3 is 5.73 Å². The SMILES string of the molecule is Cc1nnsc1C(=O)Nc1nnc(N)s1. The molecule has 0 saturated heterocycles. The van der Waals surface area contributed by atoms with Crippen LogP contribution in [0.2, 0.25) is 0 Å². The highest BCUT2D eigenvalue weighted by Gasteiger charge is 2.14. The maximum atomic E-state index is 11.6. The predicted octanol–water partition coefficient (Wildman–Crippen LogP) is 0.533. The van der Waals surface area contributed by atoms with Gasteiger partial charge in [0.25, 0.3) is 5.91 Å². The summed E-state index contributed by atoms with van der Waals surface area (Å²) in [6, 6.07) is 0. The van der Waals surface area contributed by atoms with E-state index in [1.54, 1.807) is 6.92 Å². The lowest BCUT2D eigenvalue weighted by molar-refractivity contribution is 0.102. The minimum absolute atomic E-state index is 0.293. The standard InChI is InChI=1S/C6H6N6OS2/c1-2-3(15-12-9-2)4(13)8-6-11-10-5(7)14-6/h1H3,(H2,7,10)(H,8,11,13). The predicted molar refractivity (Wildman–Crippen MR) is 56.9 cm³/mol. The Morgan fingerprint density at radius 3 is 2.73 bits per heavy atom. The first-order chi connectivity index (χ1) is 7.16. The Morgan fingerprint density at radius 1 is 1.40 bits per heavy atom. The Balaban J connectivity index is 2.14. The molecule has 0 unspecified atom stereocenters. The van der Waals surface area contributed by atoms with E-state index in [2.05, 4.69) is 25.1 Å². The summed E-state index contributed by atoms with van der Waals surface area (Å²) in [6.07, 6.45) is 0. The van der Waals surface area contributed by atoms with Gasteiger partial charge >= 0.3 is 0 Å².